The number of aromatic nitrogens is 1. The van der Waals surface area contributed by atoms with Gasteiger partial charge >= 0.3 is 5.69 Å². The number of ether oxygens (including phenoxy) is 4. The number of fused-ring (bicyclic) bond motifs is 3. The predicted molar refractivity (Wildman–Crippen MR) is 121 cm³/mol. The number of aromatic amines is 1. The van der Waals surface area contributed by atoms with Gasteiger partial charge in [-0.05, 0) is 43.2 Å². The number of nitro benzene ring substituents is 1. The Morgan fingerprint density at radius 2 is 1.70 bits per heavy atom. The SMILES string of the molecule is COc1cc(C(=O)N2CCc3c([nH]c4c([N+](=O)[O-])c(OC)ccc34)C2C)cc(OC)c1OC. The van der Waals surface area contributed by atoms with Crippen molar-refractivity contribution in [3.8, 4) is 23.0 Å². The highest BCUT2D eigenvalue weighted by molar-refractivity contribution is 5.98. The molecule has 1 N–H and O–H groups in total. The minimum atomic E-state index is -0.452. The molecule has 1 amide bonds. The molecule has 0 saturated carbocycles. The summed E-state index contributed by atoms with van der Waals surface area (Å²) < 4.78 is 21.3. The minimum absolute atomic E-state index is 0.112. The third-order valence-corrected chi connectivity index (χ3v) is 6.11. The number of methoxy groups -OCH3 is 4. The van der Waals surface area contributed by atoms with Crippen LogP contribution in [0.15, 0.2) is 24.3 Å². The lowest BCUT2D eigenvalue weighted by Crippen LogP contribution is -2.38. The molecule has 174 valence electrons. The molecule has 1 aliphatic heterocycles. The van der Waals surface area contributed by atoms with Crippen LogP contribution >= 0.6 is 0 Å². The molecular weight excluding hydrogens is 430 g/mol. The van der Waals surface area contributed by atoms with Gasteiger partial charge in [0, 0.05) is 23.2 Å². The van der Waals surface area contributed by atoms with Crippen LogP contribution in [0.5, 0.6) is 23.0 Å². The number of carbonyl (C=O) groups is 1. The number of benzene rings is 2. The first kappa shape index (κ1) is 22.3. The maximum atomic E-state index is 13.5. The molecule has 1 aliphatic rings. The van der Waals surface area contributed by atoms with E-state index >= 15 is 0 Å². The molecule has 33 heavy (non-hydrogen) atoms. The van der Waals surface area contributed by atoms with Crippen molar-refractivity contribution in [2.75, 3.05) is 35.0 Å². The van der Waals surface area contributed by atoms with E-state index in [1.54, 1.807) is 23.1 Å². The first-order valence-electron chi connectivity index (χ1n) is 10.3. The molecule has 1 atom stereocenters. The zero-order chi connectivity index (χ0) is 23.9. The summed E-state index contributed by atoms with van der Waals surface area (Å²) in [6.07, 6.45) is 0.555. The molecule has 0 bridgehead atoms. The molecule has 0 radical (unpaired) electrons. The van der Waals surface area contributed by atoms with Crippen LogP contribution in [0.1, 0.15) is 34.6 Å². The van der Waals surface area contributed by atoms with E-state index in [4.69, 9.17) is 18.9 Å². The highest BCUT2D eigenvalue weighted by atomic mass is 16.6. The van der Waals surface area contributed by atoms with Gasteiger partial charge in [-0.15, -0.1) is 0 Å². The quantitative estimate of drug-likeness (QED) is 0.443. The van der Waals surface area contributed by atoms with Crippen molar-refractivity contribution in [3.05, 3.63) is 51.2 Å². The summed E-state index contributed by atoms with van der Waals surface area (Å²) in [5.74, 6) is 1.16. The molecule has 10 heteroatoms. The highest BCUT2D eigenvalue weighted by Gasteiger charge is 2.34. The Labute approximate surface area is 190 Å². The van der Waals surface area contributed by atoms with Crippen molar-refractivity contribution in [3.63, 3.8) is 0 Å². The molecule has 1 aromatic heterocycles. The van der Waals surface area contributed by atoms with Gasteiger partial charge in [-0.1, -0.05) is 0 Å². The Balaban J connectivity index is 1.76. The molecule has 0 aliphatic carbocycles. The van der Waals surface area contributed by atoms with Gasteiger partial charge in [-0.2, -0.15) is 0 Å². The number of carbonyl (C=O) groups excluding carboxylic acids is 1. The lowest BCUT2D eigenvalue weighted by molar-refractivity contribution is -0.384. The van der Waals surface area contributed by atoms with E-state index in [2.05, 4.69) is 4.98 Å². The van der Waals surface area contributed by atoms with Crippen LogP contribution in [0.2, 0.25) is 0 Å². The van der Waals surface area contributed by atoms with E-state index in [1.165, 1.54) is 28.4 Å². The Bertz CT molecular complexity index is 1230. The van der Waals surface area contributed by atoms with Crippen LogP contribution in [-0.2, 0) is 6.42 Å². The monoisotopic (exact) mass is 455 g/mol. The molecule has 0 spiro atoms. The maximum Gasteiger partial charge on any atom is 0.334 e. The number of nitrogens with one attached hydrogen (secondary N) is 1. The second-order valence-corrected chi connectivity index (χ2v) is 7.65. The van der Waals surface area contributed by atoms with Crippen LogP contribution < -0.4 is 18.9 Å². The van der Waals surface area contributed by atoms with Gasteiger partial charge in [0.15, 0.2) is 17.2 Å². The molecule has 0 saturated heterocycles. The van der Waals surface area contributed by atoms with Gasteiger partial charge in [0.25, 0.3) is 5.91 Å². The van der Waals surface area contributed by atoms with Crippen molar-refractivity contribution < 1.29 is 28.7 Å². The molecule has 2 heterocycles. The second-order valence-electron chi connectivity index (χ2n) is 7.65. The van der Waals surface area contributed by atoms with E-state index in [0.29, 0.717) is 41.3 Å². The smallest absolute Gasteiger partial charge is 0.334 e. The number of hydrogen-bond donors (Lipinski definition) is 1. The maximum absolute atomic E-state index is 13.5. The Hall–Kier alpha value is -3.95. The topological polar surface area (TPSA) is 116 Å². The Morgan fingerprint density at radius 1 is 1.06 bits per heavy atom. The van der Waals surface area contributed by atoms with Crippen molar-refractivity contribution in [2.45, 2.75) is 19.4 Å². The van der Waals surface area contributed by atoms with Gasteiger partial charge in [-0.25, -0.2) is 0 Å². The molecule has 2 aromatic carbocycles. The minimum Gasteiger partial charge on any atom is -0.493 e. The van der Waals surface area contributed by atoms with Gasteiger partial charge in [0.05, 0.1) is 39.4 Å². The van der Waals surface area contributed by atoms with E-state index in [9.17, 15) is 14.9 Å². The van der Waals surface area contributed by atoms with Crippen LogP contribution in [-0.4, -0.2) is 55.7 Å². The number of H-pyrrole nitrogens is 1. The first-order chi connectivity index (χ1) is 15.9. The standard InChI is InChI=1S/C23H25N3O7/c1-12-19-15(14-6-7-16(30-2)21(26(28)29)20(14)24-19)8-9-25(12)23(27)13-10-17(31-3)22(33-5)18(11-13)32-4/h6-7,10-12,24H,8-9H2,1-5H3. The lowest BCUT2D eigenvalue weighted by atomic mass is 9.97. The summed E-state index contributed by atoms with van der Waals surface area (Å²) >= 11 is 0. The zero-order valence-corrected chi connectivity index (χ0v) is 19.1. The van der Waals surface area contributed by atoms with Crippen LogP contribution in [0.25, 0.3) is 10.9 Å². The average Bonchev–Trinajstić information content (AvgIpc) is 3.21. The zero-order valence-electron chi connectivity index (χ0n) is 19.1. The average molecular weight is 455 g/mol. The fourth-order valence-electron chi connectivity index (χ4n) is 4.51. The fraction of sp³-hybridized carbons (Fsp3) is 0.348. The highest BCUT2D eigenvalue weighted by Crippen LogP contribution is 2.43. The van der Waals surface area contributed by atoms with Gasteiger partial charge in [0.2, 0.25) is 5.75 Å². The normalized spacial score (nSPS) is 15.2. The van der Waals surface area contributed by atoms with Crippen LogP contribution in [0.3, 0.4) is 0 Å². The van der Waals surface area contributed by atoms with Crippen molar-refractivity contribution in [1.29, 1.82) is 0 Å². The second kappa shape index (κ2) is 8.53. The van der Waals surface area contributed by atoms with Gasteiger partial charge < -0.3 is 28.8 Å². The lowest BCUT2D eigenvalue weighted by Gasteiger charge is -2.34. The number of amides is 1. The molecule has 0 fully saturated rings. The predicted octanol–water partition coefficient (Wildman–Crippen LogP) is 3.87. The largest absolute Gasteiger partial charge is 0.493 e. The van der Waals surface area contributed by atoms with E-state index in [0.717, 1.165) is 16.6 Å². The van der Waals surface area contributed by atoms with Crippen LogP contribution in [0.4, 0.5) is 5.69 Å². The summed E-state index contributed by atoms with van der Waals surface area (Å²) in [4.78, 5) is 29.7. The van der Waals surface area contributed by atoms with Crippen LogP contribution in [0, 0.1) is 10.1 Å². The number of nitro groups is 1. The summed E-state index contributed by atoms with van der Waals surface area (Å²) in [6, 6.07) is 6.32. The number of hydrogen-bond acceptors (Lipinski definition) is 7. The van der Waals surface area contributed by atoms with E-state index in [-0.39, 0.29) is 23.4 Å². The summed E-state index contributed by atoms with van der Waals surface area (Å²) in [7, 11) is 5.89. The number of nitrogens with zero attached hydrogens (tertiary/aromatic N) is 2. The number of rotatable bonds is 6. The molecule has 1 unspecified atom stereocenters. The van der Waals surface area contributed by atoms with Gasteiger partial charge in [0.1, 0.15) is 5.52 Å². The summed E-state index contributed by atoms with van der Waals surface area (Å²) in [5, 5.41) is 12.5. The third-order valence-electron chi connectivity index (χ3n) is 6.11. The first-order valence-corrected chi connectivity index (χ1v) is 10.3. The summed E-state index contributed by atoms with van der Waals surface area (Å²) in [6.45, 7) is 2.35. The van der Waals surface area contributed by atoms with E-state index in [1.807, 2.05) is 13.0 Å². The fourth-order valence-corrected chi connectivity index (χ4v) is 4.51. The van der Waals surface area contributed by atoms with Crippen molar-refractivity contribution in [2.24, 2.45) is 0 Å². The molecule has 3 aromatic rings. The van der Waals surface area contributed by atoms with Crippen molar-refractivity contribution in [1.82, 2.24) is 9.88 Å². The Morgan fingerprint density at radius 3 is 2.24 bits per heavy atom. The third kappa shape index (κ3) is 3.47. The van der Waals surface area contributed by atoms with E-state index < -0.39 is 4.92 Å². The Kier molecular flexibility index (Phi) is 5.75. The summed E-state index contributed by atoms with van der Waals surface area (Å²) in [5.41, 5.74) is 2.42. The molecular formula is C23H25N3O7. The van der Waals surface area contributed by atoms with Gasteiger partial charge in [-0.3, -0.25) is 14.9 Å². The molecule has 4 rings (SSSR count). The van der Waals surface area contributed by atoms with Crippen molar-refractivity contribution >= 4 is 22.5 Å². The molecule has 10 nitrogen and oxygen atoms in total.